The van der Waals surface area contributed by atoms with Crippen molar-refractivity contribution in [2.24, 2.45) is 5.92 Å². The monoisotopic (exact) mass is 297 g/mol. The first kappa shape index (κ1) is 15.6. The number of hydrogen-bond acceptors (Lipinski definition) is 3. The van der Waals surface area contributed by atoms with Crippen molar-refractivity contribution in [3.05, 3.63) is 0 Å². The topological polar surface area (TPSA) is 90.0 Å². The number of likely N-dealkylation sites (tertiary alicyclic amines) is 2. The second kappa shape index (κ2) is 7.28. The maximum absolute atomic E-state index is 12.0. The number of amides is 3. The Labute approximate surface area is 124 Å². The molecule has 0 spiro atoms. The number of urea groups is 1. The number of piperidine rings is 1. The Hall–Kier alpha value is -1.79. The Morgan fingerprint density at radius 1 is 1.00 bits per heavy atom. The molecule has 0 aromatic heterocycles. The standard InChI is InChI=1S/C14H23N3O4/c18-12(16-5-1-2-6-16)10-15-14(21)17-7-3-11(4-8-17)9-13(19)20/h11H,1-10H2,(H,15,21)(H,19,20). The summed E-state index contributed by atoms with van der Waals surface area (Å²) in [6, 6.07) is -0.226. The lowest BCUT2D eigenvalue weighted by Crippen LogP contribution is -2.47. The first-order chi connectivity index (χ1) is 10.1. The van der Waals surface area contributed by atoms with E-state index >= 15 is 0 Å². The molecular formula is C14H23N3O4. The molecule has 2 N–H and O–H groups in total. The zero-order chi connectivity index (χ0) is 15.2. The molecule has 0 saturated carbocycles. The van der Waals surface area contributed by atoms with E-state index in [1.807, 2.05) is 0 Å². The molecule has 0 unspecified atom stereocenters. The highest BCUT2D eigenvalue weighted by Crippen LogP contribution is 2.20. The van der Waals surface area contributed by atoms with Gasteiger partial charge in [-0.1, -0.05) is 0 Å². The van der Waals surface area contributed by atoms with Crippen LogP contribution in [-0.2, 0) is 9.59 Å². The summed E-state index contributed by atoms with van der Waals surface area (Å²) < 4.78 is 0. The predicted octanol–water partition coefficient (Wildman–Crippen LogP) is 0.505. The minimum absolute atomic E-state index is 0.0263. The van der Waals surface area contributed by atoms with Crippen LogP contribution in [0.3, 0.4) is 0 Å². The van der Waals surface area contributed by atoms with Gasteiger partial charge in [-0.05, 0) is 31.6 Å². The summed E-state index contributed by atoms with van der Waals surface area (Å²) >= 11 is 0. The number of hydrogen-bond donors (Lipinski definition) is 2. The van der Waals surface area contributed by atoms with Gasteiger partial charge >= 0.3 is 12.0 Å². The van der Waals surface area contributed by atoms with Gasteiger partial charge in [-0.15, -0.1) is 0 Å². The molecule has 0 bridgehead atoms. The van der Waals surface area contributed by atoms with Crippen molar-refractivity contribution in [1.82, 2.24) is 15.1 Å². The number of aliphatic carboxylic acids is 1. The first-order valence-electron chi connectivity index (χ1n) is 7.58. The maximum atomic E-state index is 12.0. The van der Waals surface area contributed by atoms with Gasteiger partial charge in [-0.25, -0.2) is 4.79 Å². The van der Waals surface area contributed by atoms with Gasteiger partial charge in [-0.2, -0.15) is 0 Å². The van der Waals surface area contributed by atoms with E-state index in [1.165, 1.54) is 0 Å². The molecule has 3 amide bonds. The summed E-state index contributed by atoms with van der Waals surface area (Å²) in [6.07, 6.45) is 3.66. The van der Waals surface area contributed by atoms with E-state index in [0.29, 0.717) is 25.9 Å². The van der Waals surface area contributed by atoms with Gasteiger partial charge < -0.3 is 20.2 Å². The zero-order valence-electron chi connectivity index (χ0n) is 12.2. The lowest BCUT2D eigenvalue weighted by Gasteiger charge is -2.31. The Balaban J connectivity index is 1.67. The molecular weight excluding hydrogens is 274 g/mol. The van der Waals surface area contributed by atoms with Crippen molar-refractivity contribution in [1.29, 1.82) is 0 Å². The fourth-order valence-electron chi connectivity index (χ4n) is 2.93. The molecule has 2 rings (SSSR count). The van der Waals surface area contributed by atoms with Crippen molar-refractivity contribution in [2.45, 2.75) is 32.1 Å². The normalized spacial score (nSPS) is 19.6. The first-order valence-corrected chi connectivity index (χ1v) is 7.58. The molecule has 0 aliphatic carbocycles. The molecule has 0 atom stereocenters. The van der Waals surface area contributed by atoms with Gasteiger partial charge in [0.2, 0.25) is 5.91 Å². The molecule has 0 radical (unpaired) electrons. The fourth-order valence-corrected chi connectivity index (χ4v) is 2.93. The molecule has 118 valence electrons. The molecule has 2 heterocycles. The number of nitrogens with one attached hydrogen (secondary N) is 1. The number of carboxylic acids is 1. The summed E-state index contributed by atoms with van der Waals surface area (Å²) in [5.41, 5.74) is 0. The number of carbonyl (C=O) groups excluding carboxylic acids is 2. The summed E-state index contributed by atoms with van der Waals surface area (Å²) in [6.45, 7) is 2.74. The van der Waals surface area contributed by atoms with Crippen LogP contribution in [0, 0.1) is 5.92 Å². The summed E-state index contributed by atoms with van der Waals surface area (Å²) in [5, 5.41) is 11.4. The summed E-state index contributed by atoms with van der Waals surface area (Å²) in [4.78, 5) is 37.9. The number of carbonyl (C=O) groups is 3. The third-order valence-electron chi connectivity index (χ3n) is 4.21. The van der Waals surface area contributed by atoms with Crippen LogP contribution in [0.1, 0.15) is 32.1 Å². The molecule has 2 fully saturated rings. The second-order valence-electron chi connectivity index (χ2n) is 5.77. The zero-order valence-corrected chi connectivity index (χ0v) is 12.2. The third-order valence-corrected chi connectivity index (χ3v) is 4.21. The van der Waals surface area contributed by atoms with Crippen molar-refractivity contribution in [3.8, 4) is 0 Å². The fraction of sp³-hybridized carbons (Fsp3) is 0.786. The van der Waals surface area contributed by atoms with E-state index in [0.717, 1.165) is 25.9 Å². The lowest BCUT2D eigenvalue weighted by molar-refractivity contribution is -0.138. The number of carboxylic acid groups (broad SMARTS) is 1. The number of nitrogens with zero attached hydrogens (tertiary/aromatic N) is 2. The van der Waals surface area contributed by atoms with Crippen molar-refractivity contribution in [3.63, 3.8) is 0 Å². The van der Waals surface area contributed by atoms with Crippen LogP contribution >= 0.6 is 0 Å². The molecule has 7 nitrogen and oxygen atoms in total. The van der Waals surface area contributed by atoms with Gasteiger partial charge in [0, 0.05) is 32.6 Å². The second-order valence-corrected chi connectivity index (χ2v) is 5.77. The van der Waals surface area contributed by atoms with Crippen LogP contribution in [-0.4, -0.2) is 65.5 Å². The smallest absolute Gasteiger partial charge is 0.317 e. The quantitative estimate of drug-likeness (QED) is 0.791. The van der Waals surface area contributed by atoms with Crippen molar-refractivity contribution in [2.75, 3.05) is 32.7 Å². The Morgan fingerprint density at radius 3 is 2.19 bits per heavy atom. The molecule has 2 aliphatic rings. The van der Waals surface area contributed by atoms with E-state index < -0.39 is 5.97 Å². The van der Waals surface area contributed by atoms with Crippen LogP contribution in [0.25, 0.3) is 0 Å². The SMILES string of the molecule is O=C(O)CC1CCN(C(=O)NCC(=O)N2CCCC2)CC1. The minimum Gasteiger partial charge on any atom is -0.481 e. The molecule has 7 heteroatoms. The van der Waals surface area contributed by atoms with Crippen molar-refractivity contribution >= 4 is 17.9 Å². The maximum Gasteiger partial charge on any atom is 0.317 e. The average Bonchev–Trinajstić information content (AvgIpc) is 2.99. The Morgan fingerprint density at radius 2 is 1.62 bits per heavy atom. The van der Waals surface area contributed by atoms with Crippen LogP contribution in [0.15, 0.2) is 0 Å². The molecule has 2 saturated heterocycles. The van der Waals surface area contributed by atoms with E-state index in [-0.39, 0.29) is 30.8 Å². The summed E-state index contributed by atoms with van der Waals surface area (Å²) in [7, 11) is 0. The average molecular weight is 297 g/mol. The van der Waals surface area contributed by atoms with Crippen LogP contribution in [0.4, 0.5) is 4.79 Å². The van der Waals surface area contributed by atoms with Gasteiger partial charge in [-0.3, -0.25) is 9.59 Å². The lowest BCUT2D eigenvalue weighted by atomic mass is 9.94. The largest absolute Gasteiger partial charge is 0.481 e. The highest BCUT2D eigenvalue weighted by Gasteiger charge is 2.25. The van der Waals surface area contributed by atoms with Gasteiger partial charge in [0.25, 0.3) is 0 Å². The highest BCUT2D eigenvalue weighted by atomic mass is 16.4. The molecule has 21 heavy (non-hydrogen) atoms. The Bertz CT molecular complexity index is 399. The van der Waals surface area contributed by atoms with E-state index in [9.17, 15) is 14.4 Å². The van der Waals surface area contributed by atoms with Gasteiger partial charge in [0.1, 0.15) is 0 Å². The molecule has 2 aliphatic heterocycles. The van der Waals surface area contributed by atoms with Crippen LogP contribution in [0.2, 0.25) is 0 Å². The Kier molecular flexibility index (Phi) is 5.41. The van der Waals surface area contributed by atoms with E-state index in [2.05, 4.69) is 5.32 Å². The highest BCUT2D eigenvalue weighted by molar-refractivity contribution is 5.84. The summed E-state index contributed by atoms with van der Waals surface area (Å²) in [5.74, 6) is -0.659. The molecule has 0 aromatic rings. The van der Waals surface area contributed by atoms with E-state index in [1.54, 1.807) is 9.80 Å². The van der Waals surface area contributed by atoms with Crippen LogP contribution < -0.4 is 5.32 Å². The third kappa shape index (κ3) is 4.61. The van der Waals surface area contributed by atoms with E-state index in [4.69, 9.17) is 5.11 Å². The predicted molar refractivity (Wildman–Crippen MR) is 75.8 cm³/mol. The number of rotatable bonds is 4. The minimum atomic E-state index is -0.783. The van der Waals surface area contributed by atoms with Gasteiger partial charge in [0.15, 0.2) is 0 Å². The van der Waals surface area contributed by atoms with Gasteiger partial charge in [0.05, 0.1) is 6.54 Å². The van der Waals surface area contributed by atoms with Crippen molar-refractivity contribution < 1.29 is 19.5 Å². The van der Waals surface area contributed by atoms with Crippen LogP contribution in [0.5, 0.6) is 0 Å². The molecule has 0 aromatic carbocycles.